The van der Waals surface area contributed by atoms with Crippen molar-refractivity contribution in [1.82, 2.24) is 4.90 Å². The molecule has 1 aromatic rings. The van der Waals surface area contributed by atoms with E-state index in [9.17, 15) is 9.50 Å². The van der Waals surface area contributed by atoms with Gasteiger partial charge in [-0.1, -0.05) is 20.8 Å². The standard InChI is InChI=1S/C25H36FNO3/c1-23(2,3)10-17-11-27-6-5-16-7-22(30-15-24-12-25(26,13-24)14-24)21(29-4)8-18(16)19(27)9-20(17)28/h7-8,17,19-20,28H,5-6,9-15H2,1-4H3/t17-,19-,20-,24?,25?/m1/s1. The molecule has 0 aromatic heterocycles. The summed E-state index contributed by atoms with van der Waals surface area (Å²) in [5.74, 6) is 1.87. The number of benzene rings is 1. The smallest absolute Gasteiger partial charge is 0.161 e. The van der Waals surface area contributed by atoms with Gasteiger partial charge in [0.15, 0.2) is 11.5 Å². The first-order valence-electron chi connectivity index (χ1n) is 11.5. The van der Waals surface area contributed by atoms with Gasteiger partial charge in [0.05, 0.1) is 19.8 Å². The van der Waals surface area contributed by atoms with Crippen LogP contribution in [0.1, 0.15) is 70.0 Å². The first-order chi connectivity index (χ1) is 14.1. The monoisotopic (exact) mass is 417 g/mol. The Kier molecular flexibility index (Phi) is 4.68. The Balaban J connectivity index is 1.32. The van der Waals surface area contributed by atoms with E-state index in [0.29, 0.717) is 31.8 Å². The van der Waals surface area contributed by atoms with E-state index in [1.165, 1.54) is 11.1 Å². The summed E-state index contributed by atoms with van der Waals surface area (Å²) in [4.78, 5) is 2.55. The maximum absolute atomic E-state index is 13.8. The van der Waals surface area contributed by atoms with Crippen LogP contribution in [0.4, 0.5) is 4.39 Å². The van der Waals surface area contributed by atoms with Gasteiger partial charge in [-0.15, -0.1) is 0 Å². The van der Waals surface area contributed by atoms with Gasteiger partial charge in [-0.05, 0) is 73.1 Å². The van der Waals surface area contributed by atoms with Crippen molar-refractivity contribution >= 4 is 0 Å². The van der Waals surface area contributed by atoms with Crippen LogP contribution in [0.25, 0.3) is 0 Å². The third kappa shape index (κ3) is 3.52. The molecular weight excluding hydrogens is 381 g/mol. The second kappa shape index (κ2) is 6.83. The van der Waals surface area contributed by atoms with Crippen molar-refractivity contribution in [2.45, 2.75) is 77.1 Å². The fraction of sp³-hybridized carbons (Fsp3) is 0.760. The van der Waals surface area contributed by atoms with Crippen LogP contribution in [-0.2, 0) is 6.42 Å². The van der Waals surface area contributed by atoms with Crippen LogP contribution in [0.2, 0.25) is 0 Å². The predicted octanol–water partition coefficient (Wildman–Crippen LogP) is 4.68. The maximum Gasteiger partial charge on any atom is 0.161 e. The first-order valence-corrected chi connectivity index (χ1v) is 11.5. The van der Waals surface area contributed by atoms with Crippen molar-refractivity contribution in [3.05, 3.63) is 23.3 Å². The van der Waals surface area contributed by atoms with Crippen molar-refractivity contribution in [2.75, 3.05) is 26.8 Å². The zero-order valence-corrected chi connectivity index (χ0v) is 18.8. The minimum Gasteiger partial charge on any atom is -0.493 e. The molecule has 5 heteroatoms. The molecule has 1 N–H and O–H groups in total. The highest BCUT2D eigenvalue weighted by Gasteiger charge is 2.69. The normalized spacial score (nSPS) is 37.5. The topological polar surface area (TPSA) is 41.9 Å². The lowest BCUT2D eigenvalue weighted by atomic mass is 9.43. The molecule has 4 fully saturated rings. The zero-order chi connectivity index (χ0) is 21.3. The number of fused-ring (bicyclic) bond motifs is 3. The van der Waals surface area contributed by atoms with E-state index in [1.54, 1.807) is 7.11 Å². The molecule has 5 aliphatic rings. The van der Waals surface area contributed by atoms with E-state index >= 15 is 0 Å². The largest absolute Gasteiger partial charge is 0.493 e. The summed E-state index contributed by atoms with van der Waals surface area (Å²) >= 11 is 0. The molecule has 2 aliphatic heterocycles. The van der Waals surface area contributed by atoms with Gasteiger partial charge in [0, 0.05) is 24.5 Å². The van der Waals surface area contributed by atoms with E-state index in [1.807, 2.05) is 0 Å². The lowest BCUT2D eigenvalue weighted by molar-refractivity contribution is -0.226. The molecule has 2 bridgehead atoms. The Morgan fingerprint density at radius 2 is 1.93 bits per heavy atom. The number of halogens is 1. The fourth-order valence-corrected chi connectivity index (χ4v) is 6.60. The molecule has 3 atom stereocenters. The highest BCUT2D eigenvalue weighted by atomic mass is 19.1. The fourth-order valence-electron chi connectivity index (χ4n) is 6.60. The molecule has 1 aromatic carbocycles. The molecule has 30 heavy (non-hydrogen) atoms. The molecule has 3 saturated carbocycles. The minimum atomic E-state index is -0.889. The highest BCUT2D eigenvalue weighted by molar-refractivity contribution is 5.50. The van der Waals surface area contributed by atoms with Crippen molar-refractivity contribution in [3.63, 3.8) is 0 Å². The van der Waals surface area contributed by atoms with E-state index in [0.717, 1.165) is 43.9 Å². The number of rotatable bonds is 5. The molecule has 0 unspecified atom stereocenters. The summed E-state index contributed by atoms with van der Waals surface area (Å²) in [7, 11) is 1.68. The van der Waals surface area contributed by atoms with Gasteiger partial charge >= 0.3 is 0 Å². The SMILES string of the molecule is COc1cc2c(cc1OCC13CC(F)(C1)C3)CCN1C[C@@H](CC(C)(C)C)[C@H](O)C[C@H]21. The number of aliphatic hydroxyl groups is 1. The number of methoxy groups -OCH3 is 1. The van der Waals surface area contributed by atoms with Gasteiger partial charge < -0.3 is 14.6 Å². The number of hydrogen-bond donors (Lipinski definition) is 1. The Labute approximate surface area is 179 Å². The molecule has 4 nitrogen and oxygen atoms in total. The summed E-state index contributed by atoms with van der Waals surface area (Å²) in [5, 5.41) is 10.9. The Morgan fingerprint density at radius 1 is 1.20 bits per heavy atom. The molecule has 1 saturated heterocycles. The quantitative estimate of drug-likeness (QED) is 0.755. The van der Waals surface area contributed by atoms with Gasteiger partial charge in [-0.25, -0.2) is 4.39 Å². The van der Waals surface area contributed by atoms with Crippen molar-refractivity contribution in [1.29, 1.82) is 0 Å². The highest BCUT2D eigenvalue weighted by Crippen LogP contribution is 2.69. The Morgan fingerprint density at radius 3 is 2.57 bits per heavy atom. The van der Waals surface area contributed by atoms with Crippen molar-refractivity contribution in [3.8, 4) is 11.5 Å². The summed E-state index contributed by atoms with van der Waals surface area (Å²) < 4.78 is 25.6. The maximum atomic E-state index is 13.8. The number of hydrogen-bond acceptors (Lipinski definition) is 4. The number of nitrogens with zero attached hydrogens (tertiary/aromatic N) is 1. The van der Waals surface area contributed by atoms with Gasteiger partial charge in [0.1, 0.15) is 5.67 Å². The van der Waals surface area contributed by atoms with Gasteiger partial charge in [-0.2, -0.15) is 0 Å². The van der Waals surface area contributed by atoms with Crippen molar-refractivity contribution < 1.29 is 19.0 Å². The lowest BCUT2D eigenvalue weighted by Gasteiger charge is -2.65. The average molecular weight is 418 g/mol. The van der Waals surface area contributed by atoms with E-state index in [-0.39, 0.29) is 23.0 Å². The lowest BCUT2D eigenvalue weighted by Crippen LogP contribution is -2.66. The van der Waals surface area contributed by atoms with Crippen LogP contribution in [0.3, 0.4) is 0 Å². The van der Waals surface area contributed by atoms with Gasteiger partial charge in [-0.3, -0.25) is 4.90 Å². The van der Waals surface area contributed by atoms with E-state index in [2.05, 4.69) is 37.8 Å². The number of ether oxygens (including phenoxy) is 2. The molecule has 6 rings (SSSR count). The predicted molar refractivity (Wildman–Crippen MR) is 115 cm³/mol. The van der Waals surface area contributed by atoms with Gasteiger partial charge in [0.2, 0.25) is 0 Å². The summed E-state index contributed by atoms with van der Waals surface area (Å²) in [6.07, 6.45) is 4.49. The summed E-state index contributed by atoms with van der Waals surface area (Å²) in [5.41, 5.74) is 1.96. The third-order valence-corrected chi connectivity index (χ3v) is 7.86. The molecule has 0 radical (unpaired) electrons. The third-order valence-electron chi connectivity index (χ3n) is 7.86. The minimum absolute atomic E-state index is 0.0575. The molecule has 2 heterocycles. The zero-order valence-electron chi connectivity index (χ0n) is 18.8. The van der Waals surface area contributed by atoms with Crippen LogP contribution >= 0.6 is 0 Å². The second-order valence-electron chi connectivity index (χ2n) is 11.8. The molecular formula is C25H36FNO3. The number of alkyl halides is 1. The van der Waals surface area contributed by atoms with Crippen LogP contribution in [0.15, 0.2) is 12.1 Å². The number of aliphatic hydroxyl groups excluding tert-OH is 1. The summed E-state index contributed by atoms with van der Waals surface area (Å²) in [6, 6.07) is 4.50. The first kappa shape index (κ1) is 20.6. The molecule has 0 spiro atoms. The molecule has 166 valence electrons. The molecule has 3 aliphatic carbocycles. The van der Waals surface area contributed by atoms with Crippen LogP contribution in [0.5, 0.6) is 11.5 Å². The van der Waals surface area contributed by atoms with Crippen LogP contribution < -0.4 is 9.47 Å². The molecule has 0 amide bonds. The number of piperidine rings is 1. The van der Waals surface area contributed by atoms with Crippen LogP contribution in [0, 0.1) is 16.7 Å². The van der Waals surface area contributed by atoms with Crippen LogP contribution in [-0.4, -0.2) is 48.6 Å². The second-order valence-corrected chi connectivity index (χ2v) is 11.8. The Bertz CT molecular complexity index is 813. The van der Waals surface area contributed by atoms with Crippen molar-refractivity contribution in [2.24, 2.45) is 16.7 Å². The Hall–Kier alpha value is -1.33. The average Bonchev–Trinajstić information content (AvgIpc) is 2.62. The van der Waals surface area contributed by atoms with E-state index in [4.69, 9.17) is 9.47 Å². The van der Waals surface area contributed by atoms with Gasteiger partial charge in [0.25, 0.3) is 0 Å². The summed E-state index contributed by atoms with van der Waals surface area (Å²) in [6.45, 7) is 9.32. The van der Waals surface area contributed by atoms with E-state index < -0.39 is 5.67 Å².